The van der Waals surface area contributed by atoms with Crippen LogP contribution >= 0.6 is 0 Å². The van der Waals surface area contributed by atoms with Crippen LogP contribution in [0.2, 0.25) is 0 Å². The van der Waals surface area contributed by atoms with E-state index in [2.05, 4.69) is 21.2 Å². The largest absolute Gasteiger partial charge is 0.361 e. The van der Waals surface area contributed by atoms with Crippen molar-refractivity contribution in [3.8, 4) is 11.3 Å². The maximum Gasteiger partial charge on any atom is 0.172 e. The van der Waals surface area contributed by atoms with Crippen LogP contribution in [0.25, 0.3) is 22.3 Å². The Kier molecular flexibility index (Phi) is 3.69. The summed E-state index contributed by atoms with van der Waals surface area (Å²) in [6, 6.07) is 14.1. The maximum atomic E-state index is 12.5. The summed E-state index contributed by atoms with van der Waals surface area (Å²) in [5.74, 6) is 0.556. The molecule has 0 aliphatic heterocycles. The van der Waals surface area contributed by atoms with E-state index < -0.39 is 0 Å². The van der Waals surface area contributed by atoms with Crippen molar-refractivity contribution >= 4 is 16.8 Å². The van der Waals surface area contributed by atoms with E-state index in [-0.39, 0.29) is 12.2 Å². The second kappa shape index (κ2) is 6.02. The summed E-state index contributed by atoms with van der Waals surface area (Å²) in [5.41, 5.74) is 5.00. The number of fused-ring (bicyclic) bond motifs is 1. The summed E-state index contributed by atoms with van der Waals surface area (Å²) in [5, 5.41) is 4.84. The van der Waals surface area contributed by atoms with E-state index in [4.69, 9.17) is 4.52 Å². The smallest absolute Gasteiger partial charge is 0.172 e. The van der Waals surface area contributed by atoms with Crippen molar-refractivity contribution in [2.75, 3.05) is 0 Å². The van der Waals surface area contributed by atoms with Crippen molar-refractivity contribution < 1.29 is 9.32 Å². The number of aromatic amines is 1. The topological polar surface area (TPSA) is 71.8 Å². The summed E-state index contributed by atoms with van der Waals surface area (Å²) >= 11 is 0. The Balaban J connectivity index is 1.64. The molecule has 3 heterocycles. The maximum absolute atomic E-state index is 12.5. The van der Waals surface area contributed by atoms with E-state index >= 15 is 0 Å². The molecule has 0 aliphatic carbocycles. The second-order valence-electron chi connectivity index (χ2n) is 6.13. The number of hydrogen-bond donors (Lipinski definition) is 1. The molecule has 4 aromatic rings. The number of nitrogens with one attached hydrogen (secondary N) is 1. The van der Waals surface area contributed by atoms with Crippen LogP contribution in [-0.2, 0) is 6.42 Å². The van der Waals surface area contributed by atoms with Crippen LogP contribution in [0, 0.1) is 13.8 Å². The molecule has 5 heteroatoms. The number of nitrogens with zero attached hydrogens (tertiary/aromatic N) is 2. The van der Waals surface area contributed by atoms with Gasteiger partial charge in [-0.2, -0.15) is 0 Å². The van der Waals surface area contributed by atoms with E-state index in [0.717, 1.165) is 27.9 Å². The van der Waals surface area contributed by atoms with Gasteiger partial charge in [-0.3, -0.25) is 4.79 Å². The normalized spacial score (nSPS) is 11.1. The van der Waals surface area contributed by atoms with Gasteiger partial charge < -0.3 is 9.51 Å². The number of carbonyl (C=O) groups is 1. The minimum atomic E-state index is -0.00350. The molecule has 0 saturated heterocycles. The van der Waals surface area contributed by atoms with Gasteiger partial charge in [-0.1, -0.05) is 35.5 Å². The molecule has 0 fully saturated rings. The zero-order valence-electron chi connectivity index (χ0n) is 14.0. The lowest BCUT2D eigenvalue weighted by Gasteiger charge is -2.01. The molecule has 0 saturated carbocycles. The molecule has 1 aromatic carbocycles. The molecular weight excluding hydrogens is 314 g/mol. The van der Waals surface area contributed by atoms with Gasteiger partial charge in [0.15, 0.2) is 5.78 Å². The van der Waals surface area contributed by atoms with Crippen LogP contribution in [-0.4, -0.2) is 20.9 Å². The summed E-state index contributed by atoms with van der Waals surface area (Å²) in [6.07, 6.45) is 2.02. The predicted octanol–water partition coefficient (Wildman–Crippen LogP) is 4.26. The molecule has 0 unspecified atom stereocenters. The van der Waals surface area contributed by atoms with E-state index in [1.54, 1.807) is 20.0 Å². The third kappa shape index (κ3) is 2.85. The molecule has 0 atom stereocenters. The Labute approximate surface area is 144 Å². The molecule has 0 aliphatic rings. The molecule has 3 aromatic heterocycles. The number of pyridine rings is 1. The van der Waals surface area contributed by atoms with Gasteiger partial charge in [0.05, 0.1) is 11.3 Å². The highest BCUT2D eigenvalue weighted by atomic mass is 16.5. The van der Waals surface area contributed by atoms with Crippen LogP contribution in [0.5, 0.6) is 0 Å². The van der Waals surface area contributed by atoms with Crippen LogP contribution < -0.4 is 0 Å². The third-order valence-corrected chi connectivity index (χ3v) is 4.29. The number of aromatic nitrogens is 3. The van der Waals surface area contributed by atoms with E-state index in [0.29, 0.717) is 17.0 Å². The number of rotatable bonds is 4. The second-order valence-corrected chi connectivity index (χ2v) is 6.13. The fourth-order valence-electron chi connectivity index (χ4n) is 3.09. The molecule has 0 radical (unpaired) electrons. The number of Topliss-reactive ketones (excluding diaryl/α,β-unsaturated/α-hetero) is 1. The average Bonchev–Trinajstić information content (AvgIpc) is 3.18. The quantitative estimate of drug-likeness (QED) is 0.567. The average molecular weight is 331 g/mol. The summed E-state index contributed by atoms with van der Waals surface area (Å²) < 4.78 is 5.09. The molecule has 0 amide bonds. The lowest BCUT2D eigenvalue weighted by atomic mass is 10.0. The molecule has 4 rings (SSSR count). The molecule has 0 spiro atoms. The van der Waals surface area contributed by atoms with E-state index in [9.17, 15) is 4.79 Å². The first-order chi connectivity index (χ1) is 12.1. The molecule has 124 valence electrons. The van der Waals surface area contributed by atoms with Crippen LogP contribution in [0.15, 0.2) is 53.2 Å². The van der Waals surface area contributed by atoms with Gasteiger partial charge in [-0.05, 0) is 37.1 Å². The fourth-order valence-corrected chi connectivity index (χ4v) is 3.09. The lowest BCUT2D eigenvalue weighted by Crippen LogP contribution is -2.06. The first-order valence-corrected chi connectivity index (χ1v) is 8.11. The van der Waals surface area contributed by atoms with Gasteiger partial charge in [0.2, 0.25) is 0 Å². The Morgan fingerprint density at radius 3 is 2.68 bits per heavy atom. The highest BCUT2D eigenvalue weighted by molar-refractivity contribution is 5.99. The molecule has 0 bridgehead atoms. The van der Waals surface area contributed by atoms with Crippen molar-refractivity contribution in [1.82, 2.24) is 15.1 Å². The van der Waals surface area contributed by atoms with E-state index in [1.165, 1.54) is 0 Å². The first-order valence-electron chi connectivity index (χ1n) is 8.11. The molecule has 1 N–H and O–H groups in total. The Hall–Kier alpha value is -3.21. The minimum Gasteiger partial charge on any atom is -0.361 e. The number of benzene rings is 1. The minimum absolute atomic E-state index is 0.00350. The fraction of sp³-hybridized carbons (Fsp3) is 0.150. The van der Waals surface area contributed by atoms with Gasteiger partial charge in [-0.15, -0.1) is 0 Å². The summed E-state index contributed by atoms with van der Waals surface area (Å²) in [6.45, 7) is 3.54. The Morgan fingerprint density at radius 1 is 1.16 bits per heavy atom. The van der Waals surface area contributed by atoms with E-state index in [1.807, 2.05) is 36.4 Å². The van der Waals surface area contributed by atoms with Crippen molar-refractivity contribution in [1.29, 1.82) is 0 Å². The van der Waals surface area contributed by atoms with Crippen LogP contribution in [0.4, 0.5) is 0 Å². The van der Waals surface area contributed by atoms with Crippen molar-refractivity contribution in [2.45, 2.75) is 20.3 Å². The van der Waals surface area contributed by atoms with Gasteiger partial charge in [0.25, 0.3) is 0 Å². The molecular formula is C20H17N3O2. The summed E-state index contributed by atoms with van der Waals surface area (Å²) in [4.78, 5) is 20.3. The number of hydrogen-bond acceptors (Lipinski definition) is 4. The molecule has 25 heavy (non-hydrogen) atoms. The highest BCUT2D eigenvalue weighted by Gasteiger charge is 2.18. The Morgan fingerprint density at radius 2 is 1.96 bits per heavy atom. The zero-order chi connectivity index (χ0) is 17.4. The zero-order valence-corrected chi connectivity index (χ0v) is 14.0. The third-order valence-electron chi connectivity index (χ3n) is 4.29. The van der Waals surface area contributed by atoms with Crippen LogP contribution in [0.3, 0.4) is 0 Å². The molecule has 5 nitrogen and oxygen atoms in total. The summed E-state index contributed by atoms with van der Waals surface area (Å²) in [7, 11) is 0. The van der Waals surface area contributed by atoms with Gasteiger partial charge >= 0.3 is 0 Å². The number of H-pyrrole nitrogens is 1. The number of ketones is 1. The first kappa shape index (κ1) is 15.3. The van der Waals surface area contributed by atoms with Crippen molar-refractivity contribution in [3.05, 3.63) is 71.2 Å². The van der Waals surface area contributed by atoms with Gasteiger partial charge in [-0.25, -0.2) is 4.98 Å². The van der Waals surface area contributed by atoms with Gasteiger partial charge in [0, 0.05) is 23.7 Å². The monoisotopic (exact) mass is 331 g/mol. The SMILES string of the molecule is Cc1noc(C)c1C(=O)Cc1cnc2[nH]c(-c3ccccc3)cc2c1. The Bertz CT molecular complexity index is 1040. The number of aryl methyl sites for hydroxylation is 2. The van der Waals surface area contributed by atoms with Crippen molar-refractivity contribution in [2.24, 2.45) is 0 Å². The standard InChI is InChI=1S/C20H17N3O2/c1-12-19(13(2)25-23-12)18(24)9-14-8-16-10-17(22-20(16)21-11-14)15-6-4-3-5-7-15/h3-8,10-11H,9H2,1-2H3,(H,21,22). The van der Waals surface area contributed by atoms with Crippen molar-refractivity contribution in [3.63, 3.8) is 0 Å². The lowest BCUT2D eigenvalue weighted by molar-refractivity contribution is 0.0991. The number of carbonyl (C=O) groups excluding carboxylic acids is 1. The highest BCUT2D eigenvalue weighted by Crippen LogP contribution is 2.24. The van der Waals surface area contributed by atoms with Crippen LogP contribution in [0.1, 0.15) is 27.4 Å². The predicted molar refractivity (Wildman–Crippen MR) is 95.5 cm³/mol. The van der Waals surface area contributed by atoms with Gasteiger partial charge in [0.1, 0.15) is 11.4 Å².